The van der Waals surface area contributed by atoms with Crippen molar-refractivity contribution < 1.29 is 27.9 Å². The lowest BCUT2D eigenvalue weighted by Gasteiger charge is -2.12. The van der Waals surface area contributed by atoms with E-state index in [1.165, 1.54) is 0 Å². The van der Waals surface area contributed by atoms with Gasteiger partial charge < -0.3 is 10.4 Å². The molecule has 1 heterocycles. The number of carbonyl (C=O) groups is 2. The summed E-state index contributed by atoms with van der Waals surface area (Å²) in [4.78, 5) is 24.9. The molecule has 0 radical (unpaired) electrons. The van der Waals surface area contributed by atoms with Crippen LogP contribution in [0.4, 0.5) is 19.0 Å². The zero-order chi connectivity index (χ0) is 13.2. The number of alkyl halides is 3. The number of carboxylic acid groups (broad SMARTS) is 1. The summed E-state index contributed by atoms with van der Waals surface area (Å²) < 4.78 is 37.6. The maximum absolute atomic E-state index is 12.5. The summed E-state index contributed by atoms with van der Waals surface area (Å²) in [6, 6.07) is 0.536. The third-order valence-corrected chi connectivity index (χ3v) is 1.76. The van der Waals surface area contributed by atoms with Crippen molar-refractivity contribution in [2.75, 3.05) is 5.32 Å². The maximum Gasteiger partial charge on any atom is 0.417 e. The summed E-state index contributed by atoms with van der Waals surface area (Å²) in [6.45, 7) is 1.04. The zero-order valence-corrected chi connectivity index (χ0v) is 8.50. The van der Waals surface area contributed by atoms with E-state index in [0.717, 1.165) is 13.1 Å². The highest BCUT2D eigenvalue weighted by molar-refractivity contribution is 5.99. The van der Waals surface area contributed by atoms with Gasteiger partial charge in [0, 0.05) is 13.1 Å². The molecule has 0 aliphatic heterocycles. The number of aromatic carboxylic acids is 1. The number of carboxylic acids is 1. The van der Waals surface area contributed by atoms with Gasteiger partial charge in [-0.3, -0.25) is 4.79 Å². The molecule has 0 aliphatic rings. The summed E-state index contributed by atoms with van der Waals surface area (Å²) >= 11 is 0. The fourth-order valence-corrected chi connectivity index (χ4v) is 1.18. The smallest absolute Gasteiger partial charge is 0.417 e. The van der Waals surface area contributed by atoms with E-state index in [2.05, 4.69) is 4.98 Å². The number of amides is 1. The van der Waals surface area contributed by atoms with Crippen molar-refractivity contribution in [1.29, 1.82) is 0 Å². The number of nitrogens with one attached hydrogen (secondary N) is 1. The SMILES string of the molecule is CC(=O)Nc1nccc(C(F)(F)F)c1C(=O)O. The highest BCUT2D eigenvalue weighted by Gasteiger charge is 2.37. The minimum absolute atomic E-state index is 0.536. The van der Waals surface area contributed by atoms with Crippen LogP contribution >= 0.6 is 0 Å². The normalized spacial score (nSPS) is 11.1. The van der Waals surface area contributed by atoms with Crippen LogP contribution in [0.1, 0.15) is 22.8 Å². The second kappa shape index (κ2) is 4.40. The van der Waals surface area contributed by atoms with Gasteiger partial charge in [0.25, 0.3) is 0 Å². The topological polar surface area (TPSA) is 79.3 Å². The molecule has 92 valence electrons. The summed E-state index contributed by atoms with van der Waals surface area (Å²) in [5.41, 5.74) is -2.43. The molecule has 0 fully saturated rings. The summed E-state index contributed by atoms with van der Waals surface area (Å²) in [7, 11) is 0. The van der Waals surface area contributed by atoms with Crippen LogP contribution in [0.15, 0.2) is 12.3 Å². The Morgan fingerprint density at radius 3 is 2.41 bits per heavy atom. The molecule has 1 aromatic rings. The van der Waals surface area contributed by atoms with Gasteiger partial charge in [0.2, 0.25) is 5.91 Å². The van der Waals surface area contributed by atoms with Gasteiger partial charge in [-0.25, -0.2) is 9.78 Å². The first-order valence-electron chi connectivity index (χ1n) is 4.30. The average Bonchev–Trinajstić information content (AvgIpc) is 2.14. The Bertz CT molecular complexity index is 471. The molecule has 0 saturated heterocycles. The van der Waals surface area contributed by atoms with Gasteiger partial charge in [-0.2, -0.15) is 13.2 Å². The van der Waals surface area contributed by atoms with Gasteiger partial charge >= 0.3 is 12.1 Å². The van der Waals surface area contributed by atoms with Crippen LogP contribution in [0.5, 0.6) is 0 Å². The van der Waals surface area contributed by atoms with Gasteiger partial charge in [0.15, 0.2) is 0 Å². The standard InChI is InChI=1S/C9H7F3N2O3/c1-4(15)14-7-6(8(16)17)5(2-3-13-7)9(10,11)12/h2-3H,1H3,(H,16,17)(H,13,14,15). The predicted molar refractivity (Wildman–Crippen MR) is 50.5 cm³/mol. The molecule has 1 aromatic heterocycles. The molecular weight excluding hydrogens is 241 g/mol. The molecule has 1 amide bonds. The number of rotatable bonds is 2. The number of anilines is 1. The monoisotopic (exact) mass is 248 g/mol. The van der Waals surface area contributed by atoms with Crippen LogP contribution in [0, 0.1) is 0 Å². The maximum atomic E-state index is 12.5. The van der Waals surface area contributed by atoms with E-state index < -0.39 is 35.0 Å². The summed E-state index contributed by atoms with van der Waals surface area (Å²) in [6.07, 6.45) is -4.05. The third kappa shape index (κ3) is 2.92. The van der Waals surface area contributed by atoms with Crippen LogP contribution in [0.25, 0.3) is 0 Å². The van der Waals surface area contributed by atoms with E-state index >= 15 is 0 Å². The molecule has 0 unspecified atom stereocenters. The van der Waals surface area contributed by atoms with Crippen LogP contribution in [0.2, 0.25) is 0 Å². The largest absolute Gasteiger partial charge is 0.478 e. The number of halogens is 3. The molecule has 0 aliphatic carbocycles. The Kier molecular flexibility index (Phi) is 3.35. The average molecular weight is 248 g/mol. The third-order valence-electron chi connectivity index (χ3n) is 1.76. The minimum atomic E-state index is -4.83. The minimum Gasteiger partial charge on any atom is -0.478 e. The number of aromatic nitrogens is 1. The van der Waals surface area contributed by atoms with E-state index in [4.69, 9.17) is 5.11 Å². The fourth-order valence-electron chi connectivity index (χ4n) is 1.18. The first kappa shape index (κ1) is 12.9. The lowest BCUT2D eigenvalue weighted by Crippen LogP contribution is -2.18. The van der Waals surface area contributed by atoms with Gasteiger partial charge in [0.1, 0.15) is 11.4 Å². The van der Waals surface area contributed by atoms with Gasteiger partial charge in [-0.05, 0) is 6.07 Å². The number of hydrogen-bond donors (Lipinski definition) is 2. The second-order valence-electron chi connectivity index (χ2n) is 3.07. The number of nitrogens with zero attached hydrogens (tertiary/aromatic N) is 1. The van der Waals surface area contributed by atoms with E-state index in [0.29, 0.717) is 6.07 Å². The Labute approximate surface area is 93.3 Å². The van der Waals surface area contributed by atoms with E-state index in [9.17, 15) is 22.8 Å². The molecule has 1 rings (SSSR count). The lowest BCUT2D eigenvalue weighted by atomic mass is 10.1. The highest BCUT2D eigenvalue weighted by atomic mass is 19.4. The van der Waals surface area contributed by atoms with E-state index in [-0.39, 0.29) is 0 Å². The van der Waals surface area contributed by atoms with Crippen molar-refractivity contribution in [2.45, 2.75) is 13.1 Å². The van der Waals surface area contributed by atoms with E-state index in [1.807, 2.05) is 5.32 Å². The van der Waals surface area contributed by atoms with Crippen LogP contribution < -0.4 is 5.32 Å². The fraction of sp³-hybridized carbons (Fsp3) is 0.222. The van der Waals surface area contributed by atoms with Crippen molar-refractivity contribution in [1.82, 2.24) is 4.98 Å². The number of carbonyl (C=O) groups excluding carboxylic acids is 1. The molecule has 17 heavy (non-hydrogen) atoms. The molecule has 0 saturated carbocycles. The van der Waals surface area contributed by atoms with Gasteiger partial charge in [0.05, 0.1) is 5.56 Å². The second-order valence-corrected chi connectivity index (χ2v) is 3.07. The van der Waals surface area contributed by atoms with Crippen LogP contribution in [0.3, 0.4) is 0 Å². The molecule has 5 nitrogen and oxygen atoms in total. The van der Waals surface area contributed by atoms with Crippen molar-refractivity contribution in [3.05, 3.63) is 23.4 Å². The highest BCUT2D eigenvalue weighted by Crippen LogP contribution is 2.34. The molecule has 0 bridgehead atoms. The van der Waals surface area contributed by atoms with Crippen LogP contribution in [-0.4, -0.2) is 22.0 Å². The first-order chi connectivity index (χ1) is 7.73. The van der Waals surface area contributed by atoms with Gasteiger partial charge in [-0.1, -0.05) is 0 Å². The molecule has 8 heteroatoms. The molecule has 0 spiro atoms. The quantitative estimate of drug-likeness (QED) is 0.835. The Balaban J connectivity index is 3.43. The Morgan fingerprint density at radius 2 is 2.00 bits per heavy atom. The van der Waals surface area contributed by atoms with Crippen molar-refractivity contribution in [2.24, 2.45) is 0 Å². The van der Waals surface area contributed by atoms with Gasteiger partial charge in [-0.15, -0.1) is 0 Å². The number of pyridine rings is 1. The zero-order valence-electron chi connectivity index (χ0n) is 8.50. The van der Waals surface area contributed by atoms with Crippen molar-refractivity contribution >= 4 is 17.7 Å². The molecule has 2 N–H and O–H groups in total. The van der Waals surface area contributed by atoms with E-state index in [1.54, 1.807) is 0 Å². The molecular formula is C9H7F3N2O3. The van der Waals surface area contributed by atoms with Crippen molar-refractivity contribution in [3.63, 3.8) is 0 Å². The Morgan fingerprint density at radius 1 is 1.41 bits per heavy atom. The Hall–Kier alpha value is -2.12. The summed E-state index contributed by atoms with van der Waals surface area (Å²) in [5.74, 6) is -3.15. The summed E-state index contributed by atoms with van der Waals surface area (Å²) in [5, 5.41) is 10.7. The molecule has 0 atom stereocenters. The lowest BCUT2D eigenvalue weighted by molar-refractivity contribution is -0.138. The van der Waals surface area contributed by atoms with Crippen LogP contribution in [-0.2, 0) is 11.0 Å². The first-order valence-corrected chi connectivity index (χ1v) is 4.30. The molecule has 0 aromatic carbocycles. The number of hydrogen-bond acceptors (Lipinski definition) is 3. The predicted octanol–water partition coefficient (Wildman–Crippen LogP) is 1.76. The van der Waals surface area contributed by atoms with Crippen molar-refractivity contribution in [3.8, 4) is 0 Å².